The van der Waals surface area contributed by atoms with Gasteiger partial charge in [0.05, 0.1) is 22.7 Å². The van der Waals surface area contributed by atoms with Gasteiger partial charge in [-0.05, 0) is 43.2 Å². The minimum Gasteiger partial charge on any atom is -0.321 e. The molecule has 2 aromatic carbocycles. The summed E-state index contributed by atoms with van der Waals surface area (Å²) in [7, 11) is -3.45. The fourth-order valence-corrected chi connectivity index (χ4v) is 4.55. The summed E-state index contributed by atoms with van der Waals surface area (Å²) >= 11 is 0. The number of nitrogens with one attached hydrogen (secondary N) is 1. The van der Waals surface area contributed by atoms with Crippen molar-refractivity contribution < 1.29 is 26.4 Å². The van der Waals surface area contributed by atoms with E-state index >= 15 is 0 Å². The standard InChI is InChI=1S/C18H17F3N2O3S/c19-18(20,21)15-8-1-2-9-16(15)22-17(24)13-6-5-7-14(12-13)23-10-3-4-11-27(23,25)26/h1-2,5-9,12H,3-4,10-11H2,(H,22,24). The fourth-order valence-electron chi connectivity index (χ4n) is 2.91. The van der Waals surface area contributed by atoms with E-state index in [4.69, 9.17) is 0 Å². The molecule has 144 valence electrons. The van der Waals surface area contributed by atoms with Crippen LogP contribution in [0.3, 0.4) is 0 Å². The molecule has 0 radical (unpaired) electrons. The number of amides is 1. The lowest BCUT2D eigenvalue weighted by Gasteiger charge is -2.28. The molecule has 1 saturated heterocycles. The van der Waals surface area contributed by atoms with Crippen molar-refractivity contribution in [2.45, 2.75) is 19.0 Å². The van der Waals surface area contributed by atoms with Gasteiger partial charge in [-0.15, -0.1) is 0 Å². The normalized spacial score (nSPS) is 16.8. The van der Waals surface area contributed by atoms with E-state index in [-0.39, 0.29) is 17.0 Å². The second kappa shape index (κ2) is 7.22. The van der Waals surface area contributed by atoms with Crippen LogP contribution in [0.25, 0.3) is 0 Å². The number of halogens is 3. The van der Waals surface area contributed by atoms with Crippen molar-refractivity contribution in [3.8, 4) is 0 Å². The Labute approximate surface area is 154 Å². The minimum atomic E-state index is -4.60. The van der Waals surface area contributed by atoms with Gasteiger partial charge in [0.1, 0.15) is 0 Å². The molecule has 27 heavy (non-hydrogen) atoms. The van der Waals surface area contributed by atoms with Gasteiger partial charge < -0.3 is 5.32 Å². The predicted octanol–water partition coefficient (Wildman–Crippen LogP) is 3.89. The molecule has 0 bridgehead atoms. The van der Waals surface area contributed by atoms with Crippen molar-refractivity contribution in [3.63, 3.8) is 0 Å². The summed E-state index contributed by atoms with van der Waals surface area (Å²) in [4.78, 5) is 12.4. The third-order valence-electron chi connectivity index (χ3n) is 4.23. The van der Waals surface area contributed by atoms with Crippen LogP contribution in [0.4, 0.5) is 24.5 Å². The number of para-hydroxylation sites is 1. The summed E-state index contributed by atoms with van der Waals surface area (Å²) in [5.74, 6) is -0.717. The van der Waals surface area contributed by atoms with Gasteiger partial charge in [0.15, 0.2) is 0 Å². The summed E-state index contributed by atoms with van der Waals surface area (Å²) in [6.45, 7) is 0.310. The summed E-state index contributed by atoms with van der Waals surface area (Å²) in [5.41, 5.74) is -0.907. The number of alkyl halides is 3. The zero-order valence-corrected chi connectivity index (χ0v) is 15.0. The summed E-state index contributed by atoms with van der Waals surface area (Å²) in [6.07, 6.45) is -3.32. The Morgan fingerprint density at radius 1 is 1.04 bits per heavy atom. The van der Waals surface area contributed by atoms with E-state index in [0.717, 1.165) is 6.07 Å². The van der Waals surface area contributed by atoms with Crippen LogP contribution in [-0.2, 0) is 16.2 Å². The van der Waals surface area contributed by atoms with Gasteiger partial charge in [-0.2, -0.15) is 13.2 Å². The molecule has 1 aliphatic heterocycles. The molecule has 1 aliphatic rings. The number of carbonyl (C=O) groups is 1. The topological polar surface area (TPSA) is 66.5 Å². The lowest BCUT2D eigenvalue weighted by atomic mass is 10.1. The second-order valence-electron chi connectivity index (χ2n) is 6.14. The number of hydrogen-bond donors (Lipinski definition) is 1. The Morgan fingerprint density at radius 2 is 1.78 bits per heavy atom. The van der Waals surface area contributed by atoms with Crippen LogP contribution in [0.15, 0.2) is 48.5 Å². The SMILES string of the molecule is O=C(Nc1ccccc1C(F)(F)F)c1cccc(N2CCCCS2(=O)=O)c1. The summed E-state index contributed by atoms with van der Waals surface area (Å²) in [6, 6.07) is 10.5. The van der Waals surface area contributed by atoms with Crippen molar-refractivity contribution >= 4 is 27.3 Å². The van der Waals surface area contributed by atoms with Crippen molar-refractivity contribution in [1.29, 1.82) is 0 Å². The average molecular weight is 398 g/mol. The van der Waals surface area contributed by atoms with E-state index in [2.05, 4.69) is 5.32 Å². The lowest BCUT2D eigenvalue weighted by molar-refractivity contribution is -0.136. The number of rotatable bonds is 3. The molecule has 0 aromatic heterocycles. The number of nitrogens with zero attached hydrogens (tertiary/aromatic N) is 1. The molecular formula is C18H17F3N2O3S. The largest absolute Gasteiger partial charge is 0.418 e. The van der Waals surface area contributed by atoms with Crippen molar-refractivity contribution in [2.75, 3.05) is 21.9 Å². The van der Waals surface area contributed by atoms with Gasteiger partial charge in [-0.1, -0.05) is 18.2 Å². The second-order valence-corrected chi connectivity index (χ2v) is 8.16. The first-order valence-electron chi connectivity index (χ1n) is 8.26. The van der Waals surface area contributed by atoms with Gasteiger partial charge in [0.2, 0.25) is 10.0 Å². The number of benzene rings is 2. The molecular weight excluding hydrogens is 381 g/mol. The van der Waals surface area contributed by atoms with E-state index < -0.39 is 27.7 Å². The number of hydrogen-bond acceptors (Lipinski definition) is 3. The Hall–Kier alpha value is -2.55. The van der Waals surface area contributed by atoms with E-state index in [1.165, 1.54) is 40.7 Å². The Kier molecular flexibility index (Phi) is 5.14. The number of sulfonamides is 1. The molecule has 5 nitrogen and oxygen atoms in total. The molecule has 1 heterocycles. The highest BCUT2D eigenvalue weighted by Gasteiger charge is 2.33. The molecule has 1 N–H and O–H groups in total. The predicted molar refractivity (Wildman–Crippen MR) is 96.2 cm³/mol. The molecule has 0 atom stereocenters. The quantitative estimate of drug-likeness (QED) is 0.853. The molecule has 0 spiro atoms. The zero-order valence-electron chi connectivity index (χ0n) is 14.2. The molecule has 0 unspecified atom stereocenters. The van der Waals surface area contributed by atoms with Gasteiger partial charge in [0.25, 0.3) is 5.91 Å². The zero-order chi connectivity index (χ0) is 19.7. The van der Waals surface area contributed by atoms with Gasteiger partial charge in [-0.25, -0.2) is 8.42 Å². The van der Waals surface area contributed by atoms with Crippen LogP contribution in [0, 0.1) is 0 Å². The summed E-state index contributed by atoms with van der Waals surface area (Å²) < 4.78 is 64.9. The van der Waals surface area contributed by atoms with Gasteiger partial charge in [-0.3, -0.25) is 9.10 Å². The van der Waals surface area contributed by atoms with Crippen LogP contribution in [-0.4, -0.2) is 26.6 Å². The van der Waals surface area contributed by atoms with Gasteiger partial charge >= 0.3 is 6.18 Å². The van der Waals surface area contributed by atoms with Crippen LogP contribution in [0.1, 0.15) is 28.8 Å². The molecule has 3 rings (SSSR count). The van der Waals surface area contributed by atoms with E-state index in [0.29, 0.717) is 25.1 Å². The Balaban J connectivity index is 1.87. The van der Waals surface area contributed by atoms with E-state index in [1.54, 1.807) is 6.07 Å². The van der Waals surface area contributed by atoms with Crippen LogP contribution < -0.4 is 9.62 Å². The summed E-state index contributed by atoms with van der Waals surface area (Å²) in [5, 5.41) is 2.26. The number of carbonyl (C=O) groups excluding carboxylic acids is 1. The first-order chi connectivity index (χ1) is 12.7. The maximum atomic E-state index is 13.1. The van der Waals surface area contributed by atoms with E-state index in [1.807, 2.05) is 0 Å². The molecule has 1 fully saturated rings. The number of anilines is 2. The Morgan fingerprint density at radius 3 is 2.48 bits per heavy atom. The smallest absolute Gasteiger partial charge is 0.321 e. The highest BCUT2D eigenvalue weighted by Crippen LogP contribution is 2.35. The third-order valence-corrected chi connectivity index (χ3v) is 6.10. The average Bonchev–Trinajstić information content (AvgIpc) is 2.61. The van der Waals surface area contributed by atoms with Crippen LogP contribution in [0.5, 0.6) is 0 Å². The van der Waals surface area contributed by atoms with Crippen LogP contribution in [0.2, 0.25) is 0 Å². The molecule has 0 aliphatic carbocycles. The van der Waals surface area contributed by atoms with Crippen molar-refractivity contribution in [2.24, 2.45) is 0 Å². The monoisotopic (exact) mass is 398 g/mol. The molecule has 0 saturated carbocycles. The highest BCUT2D eigenvalue weighted by molar-refractivity contribution is 7.92. The fraction of sp³-hybridized carbons (Fsp3) is 0.278. The highest BCUT2D eigenvalue weighted by atomic mass is 32.2. The first kappa shape index (κ1) is 19.2. The lowest BCUT2D eigenvalue weighted by Crippen LogP contribution is -2.37. The molecule has 2 aromatic rings. The first-order valence-corrected chi connectivity index (χ1v) is 9.87. The van der Waals surface area contributed by atoms with E-state index in [9.17, 15) is 26.4 Å². The minimum absolute atomic E-state index is 0.0301. The molecule has 1 amide bonds. The maximum absolute atomic E-state index is 13.1. The van der Waals surface area contributed by atoms with Crippen molar-refractivity contribution in [1.82, 2.24) is 0 Å². The van der Waals surface area contributed by atoms with Crippen molar-refractivity contribution in [3.05, 3.63) is 59.7 Å². The third kappa shape index (κ3) is 4.24. The maximum Gasteiger partial charge on any atom is 0.418 e. The van der Waals surface area contributed by atoms with Crippen LogP contribution >= 0.6 is 0 Å². The Bertz CT molecular complexity index is 958. The van der Waals surface area contributed by atoms with Gasteiger partial charge in [0, 0.05) is 12.1 Å². The molecule has 9 heteroatoms.